The van der Waals surface area contributed by atoms with Gasteiger partial charge in [0.15, 0.2) is 0 Å². The first-order chi connectivity index (χ1) is 15.4. The van der Waals surface area contributed by atoms with Crippen molar-refractivity contribution in [3.63, 3.8) is 0 Å². The van der Waals surface area contributed by atoms with Crippen molar-refractivity contribution in [2.75, 3.05) is 11.9 Å². The number of carbonyl (C=O) groups is 1. The molecule has 0 aliphatic carbocycles. The van der Waals surface area contributed by atoms with Crippen LogP contribution in [0.1, 0.15) is 19.7 Å². The lowest BCUT2D eigenvalue weighted by atomic mass is 10.2. The summed E-state index contributed by atoms with van der Waals surface area (Å²) in [5.41, 5.74) is 1.59. The van der Waals surface area contributed by atoms with E-state index in [-0.39, 0.29) is 24.1 Å². The highest BCUT2D eigenvalue weighted by Crippen LogP contribution is 2.24. The van der Waals surface area contributed by atoms with Crippen LogP contribution in [-0.4, -0.2) is 48.1 Å². The zero-order chi connectivity index (χ0) is 22.7. The molecule has 0 saturated heterocycles. The summed E-state index contributed by atoms with van der Waals surface area (Å²) in [5, 5.41) is 8.05. The van der Waals surface area contributed by atoms with Crippen molar-refractivity contribution < 1.29 is 4.79 Å². The lowest BCUT2D eigenvalue weighted by molar-refractivity contribution is -0.117. The van der Waals surface area contributed by atoms with E-state index in [2.05, 4.69) is 25.4 Å². The number of halogens is 1. The lowest BCUT2D eigenvalue weighted by Gasteiger charge is -2.25. The van der Waals surface area contributed by atoms with Crippen LogP contribution in [0.2, 0.25) is 5.02 Å². The molecule has 0 aliphatic rings. The van der Waals surface area contributed by atoms with E-state index in [4.69, 9.17) is 11.6 Å². The molecule has 0 saturated carbocycles. The van der Waals surface area contributed by atoms with Gasteiger partial charge in [-0.15, -0.1) is 0 Å². The van der Waals surface area contributed by atoms with Gasteiger partial charge >= 0.3 is 0 Å². The molecule has 9 nitrogen and oxygen atoms in total. The Kier molecular flexibility index (Phi) is 6.29. The molecule has 0 aliphatic heterocycles. The quantitative estimate of drug-likeness (QED) is 0.447. The number of nitrogens with one attached hydrogen (secondary N) is 2. The summed E-state index contributed by atoms with van der Waals surface area (Å²) in [4.78, 5) is 38.5. The predicted octanol–water partition coefficient (Wildman–Crippen LogP) is 3.01. The van der Waals surface area contributed by atoms with Gasteiger partial charge in [-0.3, -0.25) is 14.5 Å². The number of anilines is 1. The molecule has 0 atom stereocenters. The number of aromatic amines is 1. The highest BCUT2D eigenvalue weighted by molar-refractivity contribution is 6.31. The smallest absolute Gasteiger partial charge is 0.258 e. The average molecular weight is 452 g/mol. The fourth-order valence-corrected chi connectivity index (χ4v) is 3.51. The van der Waals surface area contributed by atoms with Gasteiger partial charge < -0.3 is 10.3 Å². The third kappa shape index (κ3) is 4.84. The minimum Gasteiger partial charge on any atom is -0.323 e. The van der Waals surface area contributed by atoms with Crippen molar-refractivity contribution in [2.45, 2.75) is 26.4 Å². The standard InChI is InChI=1S/C22H22ClN7O2/c1-14(2)29(10-20-26-17-6-4-3-5-16(17)22(32)28-20)11-21(31)27-18-9-15(23)7-8-19(18)30-13-24-12-25-30/h3-9,12-14H,10-11H2,1-2H3,(H,27,31)(H,26,28,32). The van der Waals surface area contributed by atoms with E-state index in [9.17, 15) is 9.59 Å². The first-order valence-electron chi connectivity index (χ1n) is 10.1. The van der Waals surface area contributed by atoms with E-state index in [0.717, 1.165) is 0 Å². The summed E-state index contributed by atoms with van der Waals surface area (Å²) in [5.74, 6) is 0.270. The van der Waals surface area contributed by atoms with Crippen molar-refractivity contribution in [3.05, 3.63) is 76.3 Å². The number of fused-ring (bicyclic) bond motifs is 1. The first-order valence-corrected chi connectivity index (χ1v) is 10.4. The van der Waals surface area contributed by atoms with Gasteiger partial charge in [0, 0.05) is 11.1 Å². The molecule has 2 N–H and O–H groups in total. The molecule has 0 bridgehead atoms. The Labute approximate surface area is 189 Å². The predicted molar refractivity (Wildman–Crippen MR) is 123 cm³/mol. The van der Waals surface area contributed by atoms with E-state index in [1.165, 1.54) is 6.33 Å². The summed E-state index contributed by atoms with van der Waals surface area (Å²) in [6.45, 7) is 4.37. The number of nitrogens with zero attached hydrogens (tertiary/aromatic N) is 5. The average Bonchev–Trinajstić information content (AvgIpc) is 3.28. The number of carbonyl (C=O) groups excluding carboxylic acids is 1. The number of para-hydroxylation sites is 1. The van der Waals surface area contributed by atoms with E-state index in [1.54, 1.807) is 47.4 Å². The summed E-state index contributed by atoms with van der Waals surface area (Å²) >= 11 is 6.14. The molecule has 0 radical (unpaired) electrons. The number of H-pyrrole nitrogens is 1. The molecule has 2 heterocycles. The number of hydrogen-bond donors (Lipinski definition) is 2. The maximum absolute atomic E-state index is 12.9. The fourth-order valence-electron chi connectivity index (χ4n) is 3.34. The Hall–Kier alpha value is -3.56. The summed E-state index contributed by atoms with van der Waals surface area (Å²) in [6, 6.07) is 12.3. The van der Waals surface area contributed by atoms with Crippen LogP contribution < -0.4 is 10.9 Å². The van der Waals surface area contributed by atoms with Gasteiger partial charge in [0.05, 0.1) is 35.4 Å². The Morgan fingerprint density at radius 1 is 1.25 bits per heavy atom. The van der Waals surface area contributed by atoms with Gasteiger partial charge in [0.25, 0.3) is 5.56 Å². The van der Waals surface area contributed by atoms with E-state index in [0.29, 0.717) is 39.7 Å². The maximum atomic E-state index is 12.9. The third-order valence-electron chi connectivity index (χ3n) is 4.99. The number of benzene rings is 2. The Bertz CT molecular complexity index is 1300. The minimum absolute atomic E-state index is 0.0340. The monoisotopic (exact) mass is 451 g/mol. The molecule has 4 aromatic rings. The first kappa shape index (κ1) is 21.7. The molecule has 10 heteroatoms. The molecule has 164 valence electrons. The van der Waals surface area contributed by atoms with Gasteiger partial charge in [0.1, 0.15) is 18.5 Å². The number of rotatable bonds is 7. The van der Waals surface area contributed by atoms with Crippen molar-refractivity contribution >= 4 is 34.1 Å². The van der Waals surface area contributed by atoms with Crippen LogP contribution in [0.3, 0.4) is 0 Å². The summed E-state index contributed by atoms with van der Waals surface area (Å²) in [6.07, 6.45) is 2.96. The number of amides is 1. The Morgan fingerprint density at radius 2 is 2.06 bits per heavy atom. The normalized spacial score (nSPS) is 11.4. The van der Waals surface area contributed by atoms with Gasteiger partial charge in [-0.1, -0.05) is 23.7 Å². The molecule has 32 heavy (non-hydrogen) atoms. The zero-order valence-electron chi connectivity index (χ0n) is 17.6. The summed E-state index contributed by atoms with van der Waals surface area (Å²) in [7, 11) is 0. The van der Waals surface area contributed by atoms with Crippen LogP contribution in [0.15, 0.2) is 59.9 Å². The second-order valence-electron chi connectivity index (χ2n) is 7.58. The van der Waals surface area contributed by atoms with Gasteiger partial charge in [-0.2, -0.15) is 5.10 Å². The number of hydrogen-bond acceptors (Lipinski definition) is 6. The van der Waals surface area contributed by atoms with E-state index in [1.807, 2.05) is 24.8 Å². The molecule has 0 spiro atoms. The van der Waals surface area contributed by atoms with Crippen molar-refractivity contribution in [1.82, 2.24) is 29.6 Å². The number of aromatic nitrogens is 5. The topological polar surface area (TPSA) is 109 Å². The molecule has 0 unspecified atom stereocenters. The Morgan fingerprint density at radius 3 is 2.81 bits per heavy atom. The molecule has 2 aromatic carbocycles. The molecular formula is C22H22ClN7O2. The molecule has 1 amide bonds. The lowest BCUT2D eigenvalue weighted by Crippen LogP contribution is -2.38. The minimum atomic E-state index is -0.231. The highest BCUT2D eigenvalue weighted by atomic mass is 35.5. The van der Waals surface area contributed by atoms with Crippen molar-refractivity contribution in [1.29, 1.82) is 0 Å². The molecular weight excluding hydrogens is 430 g/mol. The maximum Gasteiger partial charge on any atom is 0.258 e. The van der Waals surface area contributed by atoms with Crippen LogP contribution in [0.25, 0.3) is 16.6 Å². The van der Waals surface area contributed by atoms with Crippen LogP contribution >= 0.6 is 11.6 Å². The van der Waals surface area contributed by atoms with Crippen molar-refractivity contribution in [3.8, 4) is 5.69 Å². The van der Waals surface area contributed by atoms with Crippen LogP contribution in [-0.2, 0) is 11.3 Å². The molecule has 4 rings (SSSR count). The van der Waals surface area contributed by atoms with Gasteiger partial charge in [-0.05, 0) is 44.2 Å². The van der Waals surface area contributed by atoms with E-state index >= 15 is 0 Å². The van der Waals surface area contributed by atoms with Crippen molar-refractivity contribution in [2.24, 2.45) is 0 Å². The van der Waals surface area contributed by atoms with Crippen LogP contribution in [0, 0.1) is 0 Å². The molecule has 2 aromatic heterocycles. The van der Waals surface area contributed by atoms with Gasteiger partial charge in [-0.25, -0.2) is 14.6 Å². The molecule has 0 fully saturated rings. The zero-order valence-corrected chi connectivity index (χ0v) is 18.4. The van der Waals surface area contributed by atoms with Crippen LogP contribution in [0.5, 0.6) is 0 Å². The Balaban J connectivity index is 1.53. The van der Waals surface area contributed by atoms with E-state index < -0.39 is 0 Å². The SMILES string of the molecule is CC(C)N(CC(=O)Nc1cc(Cl)ccc1-n1cncn1)Cc1nc2ccccc2c(=O)[nH]1. The summed E-state index contributed by atoms with van der Waals surface area (Å²) < 4.78 is 1.55. The second kappa shape index (κ2) is 9.29. The van der Waals surface area contributed by atoms with Gasteiger partial charge in [0.2, 0.25) is 5.91 Å². The highest BCUT2D eigenvalue weighted by Gasteiger charge is 2.18. The fraction of sp³-hybridized carbons (Fsp3) is 0.227. The third-order valence-corrected chi connectivity index (χ3v) is 5.23. The largest absolute Gasteiger partial charge is 0.323 e. The second-order valence-corrected chi connectivity index (χ2v) is 8.01. The van der Waals surface area contributed by atoms with Crippen LogP contribution in [0.4, 0.5) is 5.69 Å².